The molecule has 9 heteroatoms. The van der Waals surface area contributed by atoms with Crippen LogP contribution in [0.4, 0.5) is 0 Å². The SMILES string of the molecule is O=C(N/N=C\c1ccc(Cl)cc1)[C@@H]1CCCN1S(=O)(=O)c1ccc(Cl)cc1. The van der Waals surface area contributed by atoms with E-state index in [0.717, 1.165) is 5.56 Å². The molecule has 0 bridgehead atoms. The fraction of sp³-hybridized carbons (Fsp3) is 0.222. The van der Waals surface area contributed by atoms with Gasteiger partial charge in [-0.25, -0.2) is 13.8 Å². The van der Waals surface area contributed by atoms with Crippen LogP contribution >= 0.6 is 23.2 Å². The Balaban J connectivity index is 1.70. The number of rotatable bonds is 5. The lowest BCUT2D eigenvalue weighted by molar-refractivity contribution is -0.124. The number of sulfonamides is 1. The quantitative estimate of drug-likeness (QED) is 0.589. The average Bonchev–Trinajstić information content (AvgIpc) is 3.14. The Hall–Kier alpha value is -1.93. The zero-order valence-corrected chi connectivity index (χ0v) is 16.5. The van der Waals surface area contributed by atoms with Gasteiger partial charge in [0.05, 0.1) is 11.1 Å². The Morgan fingerprint density at radius 3 is 2.30 bits per heavy atom. The van der Waals surface area contributed by atoms with E-state index >= 15 is 0 Å². The van der Waals surface area contributed by atoms with E-state index in [1.165, 1.54) is 34.8 Å². The van der Waals surface area contributed by atoms with Gasteiger partial charge in [0.2, 0.25) is 10.0 Å². The molecule has 3 rings (SSSR count). The van der Waals surface area contributed by atoms with Crippen molar-refractivity contribution in [2.75, 3.05) is 6.54 Å². The standard InChI is InChI=1S/C18H17Cl2N3O3S/c19-14-5-3-13(4-6-14)12-21-22-18(24)17-2-1-11-23(17)27(25,26)16-9-7-15(20)8-10-16/h3-10,12,17H,1-2,11H2,(H,22,24)/b21-12-/t17-/m0/s1. The van der Waals surface area contributed by atoms with Crippen molar-refractivity contribution >= 4 is 45.3 Å². The van der Waals surface area contributed by atoms with Gasteiger partial charge in [-0.2, -0.15) is 9.41 Å². The summed E-state index contributed by atoms with van der Waals surface area (Å²) in [6.45, 7) is 0.282. The average molecular weight is 426 g/mol. The maximum absolute atomic E-state index is 12.8. The highest BCUT2D eigenvalue weighted by molar-refractivity contribution is 7.89. The fourth-order valence-corrected chi connectivity index (χ4v) is 4.73. The van der Waals surface area contributed by atoms with Crippen LogP contribution in [0.1, 0.15) is 18.4 Å². The van der Waals surface area contributed by atoms with Crippen molar-refractivity contribution in [3.05, 3.63) is 64.1 Å². The Morgan fingerprint density at radius 2 is 1.67 bits per heavy atom. The van der Waals surface area contributed by atoms with Gasteiger partial charge in [-0.15, -0.1) is 0 Å². The van der Waals surface area contributed by atoms with Gasteiger partial charge in [0.25, 0.3) is 5.91 Å². The summed E-state index contributed by atoms with van der Waals surface area (Å²) in [5.74, 6) is -0.463. The minimum atomic E-state index is -3.78. The molecule has 6 nitrogen and oxygen atoms in total. The van der Waals surface area contributed by atoms with E-state index < -0.39 is 22.0 Å². The first kappa shape index (κ1) is 19.8. The fourth-order valence-electron chi connectivity index (χ4n) is 2.83. The van der Waals surface area contributed by atoms with Crippen LogP contribution in [-0.4, -0.2) is 37.4 Å². The summed E-state index contributed by atoms with van der Waals surface area (Å²) in [6, 6.07) is 12.0. The summed E-state index contributed by atoms with van der Waals surface area (Å²) in [6.07, 6.45) is 2.52. The topological polar surface area (TPSA) is 78.8 Å². The predicted octanol–water partition coefficient (Wildman–Crippen LogP) is 3.30. The number of hydrazone groups is 1. The molecule has 142 valence electrons. The van der Waals surface area contributed by atoms with E-state index in [1.54, 1.807) is 24.3 Å². The molecule has 1 aliphatic rings. The van der Waals surface area contributed by atoms with Crippen LogP contribution in [0.5, 0.6) is 0 Å². The number of nitrogens with zero attached hydrogens (tertiary/aromatic N) is 2. The third-order valence-electron chi connectivity index (χ3n) is 4.18. The van der Waals surface area contributed by atoms with Gasteiger partial charge in [0, 0.05) is 16.6 Å². The van der Waals surface area contributed by atoms with Crippen molar-refractivity contribution in [2.45, 2.75) is 23.8 Å². The molecule has 2 aromatic carbocycles. The van der Waals surface area contributed by atoms with Gasteiger partial charge in [-0.3, -0.25) is 4.79 Å². The summed E-state index contributed by atoms with van der Waals surface area (Å²) in [5, 5.41) is 4.96. The van der Waals surface area contributed by atoms with Crippen LogP contribution in [0.25, 0.3) is 0 Å². The maximum Gasteiger partial charge on any atom is 0.258 e. The van der Waals surface area contributed by atoms with Crippen molar-refractivity contribution in [3.63, 3.8) is 0 Å². The Bertz CT molecular complexity index is 945. The maximum atomic E-state index is 12.8. The van der Waals surface area contributed by atoms with Crippen molar-refractivity contribution in [3.8, 4) is 0 Å². The highest BCUT2D eigenvalue weighted by Gasteiger charge is 2.39. The molecule has 1 heterocycles. The van der Waals surface area contributed by atoms with Crippen molar-refractivity contribution in [1.82, 2.24) is 9.73 Å². The van der Waals surface area contributed by atoms with Crippen molar-refractivity contribution in [2.24, 2.45) is 5.10 Å². The zero-order chi connectivity index (χ0) is 19.4. The molecule has 0 aliphatic carbocycles. The largest absolute Gasteiger partial charge is 0.271 e. The molecule has 0 unspecified atom stereocenters. The molecule has 1 saturated heterocycles. The molecule has 27 heavy (non-hydrogen) atoms. The summed E-state index contributed by atoms with van der Waals surface area (Å²) in [7, 11) is -3.78. The van der Waals surface area contributed by atoms with Gasteiger partial charge in [-0.1, -0.05) is 35.3 Å². The molecule has 0 aromatic heterocycles. The van der Waals surface area contributed by atoms with Crippen LogP contribution in [0, 0.1) is 0 Å². The number of carbonyl (C=O) groups excluding carboxylic acids is 1. The van der Waals surface area contributed by atoms with E-state index in [4.69, 9.17) is 23.2 Å². The molecule has 1 atom stereocenters. The molecule has 1 amide bonds. The lowest BCUT2D eigenvalue weighted by atomic mass is 10.2. The van der Waals surface area contributed by atoms with Crippen LogP contribution < -0.4 is 5.43 Å². The van der Waals surface area contributed by atoms with E-state index in [0.29, 0.717) is 22.9 Å². The molecule has 2 aromatic rings. The van der Waals surface area contributed by atoms with Gasteiger partial charge in [0.1, 0.15) is 6.04 Å². The van der Waals surface area contributed by atoms with Crippen molar-refractivity contribution in [1.29, 1.82) is 0 Å². The van der Waals surface area contributed by atoms with Gasteiger partial charge < -0.3 is 0 Å². The number of benzene rings is 2. The molecular weight excluding hydrogens is 409 g/mol. The van der Waals surface area contributed by atoms with Crippen LogP contribution in [-0.2, 0) is 14.8 Å². The second-order valence-electron chi connectivity index (χ2n) is 6.01. The Morgan fingerprint density at radius 1 is 1.07 bits per heavy atom. The van der Waals surface area contributed by atoms with E-state index in [2.05, 4.69) is 10.5 Å². The summed E-state index contributed by atoms with van der Waals surface area (Å²) in [5.41, 5.74) is 3.18. The monoisotopic (exact) mass is 425 g/mol. The number of amides is 1. The first-order chi connectivity index (χ1) is 12.9. The van der Waals surface area contributed by atoms with Gasteiger partial charge in [-0.05, 0) is 54.8 Å². The normalized spacial score (nSPS) is 18.1. The number of carbonyl (C=O) groups is 1. The third kappa shape index (κ3) is 4.68. The predicted molar refractivity (Wildman–Crippen MR) is 106 cm³/mol. The lowest BCUT2D eigenvalue weighted by Gasteiger charge is -2.22. The number of hydrogen-bond acceptors (Lipinski definition) is 4. The van der Waals surface area contributed by atoms with Crippen LogP contribution in [0.15, 0.2) is 58.5 Å². The Labute approximate surface area is 167 Å². The highest BCUT2D eigenvalue weighted by Crippen LogP contribution is 2.27. The first-order valence-corrected chi connectivity index (χ1v) is 10.4. The Kier molecular flexibility index (Phi) is 6.16. The molecule has 1 aliphatic heterocycles. The van der Waals surface area contributed by atoms with E-state index in [1.807, 2.05) is 0 Å². The second kappa shape index (κ2) is 8.39. The third-order valence-corrected chi connectivity index (χ3v) is 6.61. The summed E-state index contributed by atoms with van der Waals surface area (Å²) in [4.78, 5) is 12.6. The molecule has 0 saturated carbocycles. The van der Waals surface area contributed by atoms with Gasteiger partial charge >= 0.3 is 0 Å². The number of hydrogen-bond donors (Lipinski definition) is 1. The van der Waals surface area contributed by atoms with E-state index in [9.17, 15) is 13.2 Å². The smallest absolute Gasteiger partial charge is 0.258 e. The van der Waals surface area contributed by atoms with E-state index in [-0.39, 0.29) is 11.4 Å². The molecule has 0 spiro atoms. The summed E-state index contributed by atoms with van der Waals surface area (Å²) >= 11 is 11.6. The number of nitrogens with one attached hydrogen (secondary N) is 1. The van der Waals surface area contributed by atoms with Gasteiger partial charge in [0.15, 0.2) is 0 Å². The summed E-state index contributed by atoms with van der Waals surface area (Å²) < 4.78 is 26.9. The lowest BCUT2D eigenvalue weighted by Crippen LogP contribution is -2.44. The van der Waals surface area contributed by atoms with Crippen LogP contribution in [0.3, 0.4) is 0 Å². The molecule has 1 fully saturated rings. The molecule has 0 radical (unpaired) electrons. The first-order valence-electron chi connectivity index (χ1n) is 8.24. The van der Waals surface area contributed by atoms with Crippen LogP contribution in [0.2, 0.25) is 10.0 Å². The number of halogens is 2. The minimum absolute atomic E-state index is 0.108. The van der Waals surface area contributed by atoms with Crippen molar-refractivity contribution < 1.29 is 13.2 Å². The molecule has 1 N–H and O–H groups in total. The zero-order valence-electron chi connectivity index (χ0n) is 14.2. The highest BCUT2D eigenvalue weighted by atomic mass is 35.5. The molecular formula is C18H17Cl2N3O3S. The minimum Gasteiger partial charge on any atom is -0.271 e. The second-order valence-corrected chi connectivity index (χ2v) is 8.78.